The lowest BCUT2D eigenvalue weighted by Gasteiger charge is -2.00. The summed E-state index contributed by atoms with van der Waals surface area (Å²) in [6, 6.07) is 16.3. The molecule has 0 aliphatic carbocycles. The number of thioether (sulfide) groups is 1. The van der Waals surface area contributed by atoms with Gasteiger partial charge in [0.05, 0.1) is 16.1 Å². The van der Waals surface area contributed by atoms with E-state index in [1.54, 1.807) is 11.8 Å². The fourth-order valence-electron chi connectivity index (χ4n) is 2.10. The molecule has 20 heavy (non-hydrogen) atoms. The van der Waals surface area contributed by atoms with Crippen LogP contribution in [0.15, 0.2) is 53.6 Å². The fourth-order valence-corrected chi connectivity index (χ4v) is 3.94. The number of fused-ring (bicyclic) bond motifs is 2. The number of hydrogen-bond acceptors (Lipinski definition) is 5. The average molecular weight is 298 g/mol. The fraction of sp³-hybridized carbons (Fsp3) is 0.0714. The van der Waals surface area contributed by atoms with Crippen LogP contribution in [-0.2, 0) is 5.88 Å². The molecule has 0 N–H and O–H groups in total. The Balaban J connectivity index is 1.64. The van der Waals surface area contributed by atoms with E-state index in [0.29, 0.717) is 5.88 Å². The van der Waals surface area contributed by atoms with Gasteiger partial charge in [-0.1, -0.05) is 47.3 Å². The summed E-state index contributed by atoms with van der Waals surface area (Å²) >= 11 is 3.23. The van der Waals surface area contributed by atoms with Gasteiger partial charge in [-0.2, -0.15) is 4.37 Å². The Hall–Kier alpha value is -1.92. The van der Waals surface area contributed by atoms with Crippen LogP contribution in [0.3, 0.4) is 0 Å². The van der Waals surface area contributed by atoms with Crippen molar-refractivity contribution in [3.63, 3.8) is 0 Å². The molecule has 6 heteroatoms. The van der Waals surface area contributed by atoms with Gasteiger partial charge >= 0.3 is 0 Å². The first-order chi connectivity index (χ1) is 9.92. The molecule has 0 saturated heterocycles. The van der Waals surface area contributed by atoms with Gasteiger partial charge < -0.3 is 0 Å². The highest BCUT2D eigenvalue weighted by atomic mass is 32.2. The standard InChI is InChI=1S/C14H10N4S2/c1-4-8-13-10(5-1)14(16-20-13)19-9-18-12-7-3-2-6-11(12)15-17-18/h1-8H,9H2. The van der Waals surface area contributed by atoms with Crippen molar-refractivity contribution >= 4 is 44.4 Å². The number of hydrogen-bond donors (Lipinski definition) is 0. The first-order valence-corrected chi connectivity index (χ1v) is 7.93. The van der Waals surface area contributed by atoms with Crippen molar-refractivity contribution in [2.45, 2.75) is 10.9 Å². The minimum Gasteiger partial charge on any atom is -0.234 e. The van der Waals surface area contributed by atoms with E-state index < -0.39 is 0 Å². The van der Waals surface area contributed by atoms with Crippen molar-refractivity contribution in [1.29, 1.82) is 0 Å². The summed E-state index contributed by atoms with van der Waals surface area (Å²) in [7, 11) is 0. The second kappa shape index (κ2) is 4.88. The van der Waals surface area contributed by atoms with E-state index in [1.165, 1.54) is 21.6 Å². The van der Waals surface area contributed by atoms with Crippen molar-refractivity contribution in [1.82, 2.24) is 19.4 Å². The van der Waals surface area contributed by atoms with Crippen molar-refractivity contribution in [3.05, 3.63) is 48.5 Å². The molecule has 0 spiro atoms. The van der Waals surface area contributed by atoms with E-state index in [2.05, 4.69) is 26.8 Å². The maximum Gasteiger partial charge on any atom is 0.120 e. The summed E-state index contributed by atoms with van der Waals surface area (Å²) in [5.74, 6) is 0.717. The van der Waals surface area contributed by atoms with Crippen LogP contribution >= 0.6 is 23.3 Å². The summed E-state index contributed by atoms with van der Waals surface area (Å²) < 4.78 is 7.65. The van der Waals surface area contributed by atoms with Crippen molar-refractivity contribution < 1.29 is 0 Å². The van der Waals surface area contributed by atoms with Gasteiger partial charge in [-0.25, -0.2) is 4.68 Å². The van der Waals surface area contributed by atoms with E-state index in [4.69, 9.17) is 0 Å². The van der Waals surface area contributed by atoms with Gasteiger partial charge in [0.1, 0.15) is 10.5 Å². The van der Waals surface area contributed by atoms with E-state index in [0.717, 1.165) is 16.1 Å². The first kappa shape index (κ1) is 11.9. The Morgan fingerprint density at radius 2 is 1.90 bits per heavy atom. The second-order valence-corrected chi connectivity index (χ2v) is 6.07. The molecule has 0 bridgehead atoms. The summed E-state index contributed by atoms with van der Waals surface area (Å²) in [4.78, 5) is 0. The molecule has 2 aromatic heterocycles. The summed E-state index contributed by atoms with van der Waals surface area (Å²) in [6.07, 6.45) is 0. The molecule has 4 rings (SSSR count). The SMILES string of the molecule is c1ccc2c(c1)nnn2CSc1nsc2ccccc12. The maximum absolute atomic E-state index is 4.52. The Kier molecular flexibility index (Phi) is 2.90. The zero-order chi connectivity index (χ0) is 13.4. The average Bonchev–Trinajstić information content (AvgIpc) is 3.09. The lowest BCUT2D eigenvalue weighted by Crippen LogP contribution is -1.96. The first-order valence-electron chi connectivity index (χ1n) is 6.17. The molecule has 2 aromatic carbocycles. The molecule has 0 fully saturated rings. The minimum atomic E-state index is 0.717. The molecule has 4 nitrogen and oxygen atoms in total. The zero-order valence-corrected chi connectivity index (χ0v) is 12.1. The number of para-hydroxylation sites is 1. The molecule has 0 radical (unpaired) electrons. The van der Waals surface area contributed by atoms with Crippen LogP contribution in [-0.4, -0.2) is 19.4 Å². The second-order valence-electron chi connectivity index (χ2n) is 4.34. The van der Waals surface area contributed by atoms with Crippen LogP contribution in [0.2, 0.25) is 0 Å². The Morgan fingerprint density at radius 3 is 2.90 bits per heavy atom. The molecular formula is C14H10N4S2. The van der Waals surface area contributed by atoms with Crippen LogP contribution in [0.4, 0.5) is 0 Å². The summed E-state index contributed by atoms with van der Waals surface area (Å²) in [5, 5.41) is 10.6. The lowest BCUT2D eigenvalue weighted by molar-refractivity contribution is 0.722. The molecular weight excluding hydrogens is 288 g/mol. The molecule has 0 saturated carbocycles. The van der Waals surface area contributed by atoms with Gasteiger partial charge in [0.15, 0.2) is 0 Å². The van der Waals surface area contributed by atoms with Crippen LogP contribution in [0.5, 0.6) is 0 Å². The number of aromatic nitrogens is 4. The number of rotatable bonds is 3. The molecule has 0 atom stereocenters. The predicted octanol–water partition coefficient (Wildman–Crippen LogP) is 3.79. The van der Waals surface area contributed by atoms with Gasteiger partial charge in [-0.3, -0.25) is 0 Å². The van der Waals surface area contributed by atoms with Crippen LogP contribution in [0.1, 0.15) is 0 Å². The van der Waals surface area contributed by atoms with Gasteiger partial charge in [-0.05, 0) is 29.7 Å². The van der Waals surface area contributed by atoms with Gasteiger partial charge in [0.25, 0.3) is 0 Å². The zero-order valence-electron chi connectivity index (χ0n) is 10.4. The highest BCUT2D eigenvalue weighted by Gasteiger charge is 2.08. The molecule has 0 amide bonds. The van der Waals surface area contributed by atoms with Crippen LogP contribution < -0.4 is 0 Å². The molecule has 0 aliphatic heterocycles. The molecule has 98 valence electrons. The van der Waals surface area contributed by atoms with Gasteiger partial charge in [0.2, 0.25) is 0 Å². The Morgan fingerprint density at radius 1 is 1.05 bits per heavy atom. The van der Waals surface area contributed by atoms with Crippen LogP contribution in [0, 0.1) is 0 Å². The molecule has 4 aromatic rings. The van der Waals surface area contributed by atoms with Crippen molar-refractivity contribution in [2.75, 3.05) is 0 Å². The third-order valence-electron chi connectivity index (χ3n) is 3.09. The summed E-state index contributed by atoms with van der Waals surface area (Å²) in [5.41, 5.74) is 1.98. The van der Waals surface area contributed by atoms with E-state index in [1.807, 2.05) is 41.1 Å². The number of benzene rings is 2. The Labute approximate surface area is 123 Å². The van der Waals surface area contributed by atoms with E-state index in [-0.39, 0.29) is 0 Å². The molecule has 2 heterocycles. The smallest absolute Gasteiger partial charge is 0.120 e. The highest BCUT2D eigenvalue weighted by Crippen LogP contribution is 2.31. The normalized spacial score (nSPS) is 11.4. The van der Waals surface area contributed by atoms with Gasteiger partial charge in [-0.15, -0.1) is 5.10 Å². The van der Waals surface area contributed by atoms with E-state index >= 15 is 0 Å². The third kappa shape index (κ3) is 1.97. The van der Waals surface area contributed by atoms with E-state index in [9.17, 15) is 0 Å². The Bertz CT molecular complexity index is 807. The molecule has 0 unspecified atom stereocenters. The van der Waals surface area contributed by atoms with Crippen molar-refractivity contribution in [3.8, 4) is 0 Å². The summed E-state index contributed by atoms with van der Waals surface area (Å²) in [6.45, 7) is 0. The van der Waals surface area contributed by atoms with Gasteiger partial charge in [0, 0.05) is 5.39 Å². The van der Waals surface area contributed by atoms with Crippen molar-refractivity contribution in [2.24, 2.45) is 0 Å². The largest absolute Gasteiger partial charge is 0.234 e. The van der Waals surface area contributed by atoms with Crippen LogP contribution in [0.25, 0.3) is 21.1 Å². The third-order valence-corrected chi connectivity index (χ3v) is 4.99. The predicted molar refractivity (Wildman–Crippen MR) is 83.0 cm³/mol. The molecule has 0 aliphatic rings. The monoisotopic (exact) mass is 298 g/mol. The highest BCUT2D eigenvalue weighted by molar-refractivity contribution is 7.98. The maximum atomic E-state index is 4.52. The topological polar surface area (TPSA) is 43.6 Å². The lowest BCUT2D eigenvalue weighted by atomic mass is 10.3. The quantitative estimate of drug-likeness (QED) is 0.540. The minimum absolute atomic E-state index is 0.717. The number of nitrogens with zero attached hydrogens (tertiary/aromatic N) is 4.